The molecule has 0 amide bonds. The van der Waals surface area contributed by atoms with Gasteiger partial charge < -0.3 is 14.6 Å². The van der Waals surface area contributed by atoms with Crippen molar-refractivity contribution in [1.29, 1.82) is 0 Å². The van der Waals surface area contributed by atoms with Gasteiger partial charge in [0.1, 0.15) is 23.9 Å². The molecule has 0 unspecified atom stereocenters. The Hall–Kier alpha value is -2.68. The second-order valence-electron chi connectivity index (χ2n) is 4.74. The monoisotopic (exact) mass is 280 g/mol. The highest BCUT2D eigenvalue weighted by molar-refractivity contribution is 5.97. The number of phenolic OH excluding ortho intramolecular Hbond substituents is 1. The normalized spacial score (nSPS) is 10.5. The van der Waals surface area contributed by atoms with Gasteiger partial charge in [-0.05, 0) is 23.8 Å². The van der Waals surface area contributed by atoms with Gasteiger partial charge in [-0.25, -0.2) is 0 Å². The third-order valence-corrected chi connectivity index (χ3v) is 3.40. The fourth-order valence-corrected chi connectivity index (χ4v) is 2.36. The number of aromatic hydroxyl groups is 1. The van der Waals surface area contributed by atoms with Crippen LogP contribution in [0.2, 0.25) is 0 Å². The van der Waals surface area contributed by atoms with Crippen molar-refractivity contribution in [1.82, 2.24) is 0 Å². The second kappa shape index (κ2) is 5.75. The Morgan fingerprint density at radius 2 is 1.67 bits per heavy atom. The summed E-state index contributed by atoms with van der Waals surface area (Å²) in [5, 5.41) is 11.6. The molecule has 3 aromatic carbocycles. The topological polar surface area (TPSA) is 38.7 Å². The molecule has 3 rings (SSSR count). The van der Waals surface area contributed by atoms with Gasteiger partial charge in [0.05, 0.1) is 12.5 Å². The molecular weight excluding hydrogens is 264 g/mol. The fourth-order valence-electron chi connectivity index (χ4n) is 2.36. The molecule has 21 heavy (non-hydrogen) atoms. The quantitative estimate of drug-likeness (QED) is 0.781. The minimum absolute atomic E-state index is 0.189. The molecule has 3 heteroatoms. The van der Waals surface area contributed by atoms with Crippen molar-refractivity contribution in [2.45, 2.75) is 6.61 Å². The lowest BCUT2D eigenvalue weighted by atomic mass is 10.1. The number of benzene rings is 3. The van der Waals surface area contributed by atoms with Crippen LogP contribution in [0.1, 0.15) is 5.56 Å². The van der Waals surface area contributed by atoms with Gasteiger partial charge in [0.25, 0.3) is 0 Å². The Labute approximate surface area is 123 Å². The molecule has 0 atom stereocenters. The van der Waals surface area contributed by atoms with Gasteiger partial charge in [-0.1, -0.05) is 42.5 Å². The Bertz CT molecular complexity index is 751. The number of hydrogen-bond acceptors (Lipinski definition) is 3. The van der Waals surface area contributed by atoms with E-state index in [2.05, 4.69) is 0 Å². The van der Waals surface area contributed by atoms with Crippen LogP contribution in [0, 0.1) is 0 Å². The molecule has 0 fully saturated rings. The van der Waals surface area contributed by atoms with Gasteiger partial charge >= 0.3 is 0 Å². The molecule has 3 nitrogen and oxygen atoms in total. The van der Waals surface area contributed by atoms with Gasteiger partial charge in [0.2, 0.25) is 0 Å². The zero-order chi connectivity index (χ0) is 14.7. The van der Waals surface area contributed by atoms with Gasteiger partial charge in [-0.3, -0.25) is 0 Å². The number of hydrogen-bond donors (Lipinski definition) is 1. The van der Waals surface area contributed by atoms with Crippen LogP contribution in [0.15, 0.2) is 60.7 Å². The molecule has 106 valence electrons. The van der Waals surface area contributed by atoms with Crippen molar-refractivity contribution in [2.24, 2.45) is 0 Å². The highest BCUT2D eigenvalue weighted by Gasteiger charge is 2.11. The Morgan fingerprint density at radius 1 is 0.857 bits per heavy atom. The third-order valence-electron chi connectivity index (χ3n) is 3.40. The number of methoxy groups -OCH3 is 1. The van der Waals surface area contributed by atoms with Crippen molar-refractivity contribution >= 4 is 10.8 Å². The predicted octanol–water partition coefficient (Wildman–Crippen LogP) is 4.13. The highest BCUT2D eigenvalue weighted by Crippen LogP contribution is 2.38. The lowest BCUT2D eigenvalue weighted by Gasteiger charge is -2.12. The summed E-state index contributed by atoms with van der Waals surface area (Å²) >= 11 is 0. The van der Waals surface area contributed by atoms with Crippen LogP contribution in [-0.2, 0) is 6.61 Å². The van der Waals surface area contributed by atoms with Crippen LogP contribution < -0.4 is 9.47 Å². The van der Waals surface area contributed by atoms with E-state index >= 15 is 0 Å². The standard InChI is InChI=1S/C18H16O3/c1-20-16-11-10-15(19)18-14(16)8-5-9-17(18)21-12-13-6-3-2-4-7-13/h2-11,19H,12H2,1H3. The first-order valence-electron chi connectivity index (χ1n) is 6.75. The molecule has 0 aliphatic rings. The summed E-state index contributed by atoms with van der Waals surface area (Å²) in [6.07, 6.45) is 0. The fraction of sp³-hybridized carbons (Fsp3) is 0.111. The molecule has 1 N–H and O–H groups in total. The highest BCUT2D eigenvalue weighted by atomic mass is 16.5. The third kappa shape index (κ3) is 2.63. The van der Waals surface area contributed by atoms with Crippen molar-refractivity contribution in [2.75, 3.05) is 7.11 Å². The van der Waals surface area contributed by atoms with E-state index in [0.717, 1.165) is 10.9 Å². The molecule has 0 radical (unpaired) electrons. The summed E-state index contributed by atoms with van der Waals surface area (Å²) in [6, 6.07) is 19.0. The first-order valence-corrected chi connectivity index (χ1v) is 6.75. The Balaban J connectivity index is 1.99. The first kappa shape index (κ1) is 13.3. The van der Waals surface area contributed by atoms with Gasteiger partial charge in [0, 0.05) is 5.39 Å². The summed E-state index contributed by atoms with van der Waals surface area (Å²) in [5.74, 6) is 1.55. The molecule has 0 saturated carbocycles. The molecule has 0 aliphatic heterocycles. The maximum atomic E-state index is 10.1. The smallest absolute Gasteiger partial charge is 0.131 e. The van der Waals surface area contributed by atoms with Crippen molar-refractivity contribution in [3.63, 3.8) is 0 Å². The zero-order valence-electron chi connectivity index (χ0n) is 11.7. The maximum absolute atomic E-state index is 10.1. The average Bonchev–Trinajstić information content (AvgIpc) is 2.54. The average molecular weight is 280 g/mol. The van der Waals surface area contributed by atoms with Gasteiger partial charge in [0.15, 0.2) is 0 Å². The zero-order valence-corrected chi connectivity index (χ0v) is 11.7. The van der Waals surface area contributed by atoms with E-state index in [0.29, 0.717) is 23.5 Å². The van der Waals surface area contributed by atoms with Crippen molar-refractivity contribution in [3.8, 4) is 17.2 Å². The summed E-state index contributed by atoms with van der Waals surface area (Å²) < 4.78 is 11.2. The summed E-state index contributed by atoms with van der Waals surface area (Å²) in [7, 11) is 1.61. The van der Waals surface area contributed by atoms with Crippen LogP contribution in [0.5, 0.6) is 17.2 Å². The van der Waals surface area contributed by atoms with E-state index in [9.17, 15) is 5.11 Å². The van der Waals surface area contributed by atoms with Crippen LogP contribution in [-0.4, -0.2) is 12.2 Å². The Kier molecular flexibility index (Phi) is 3.65. The van der Waals surface area contributed by atoms with E-state index in [-0.39, 0.29) is 5.75 Å². The predicted molar refractivity (Wildman–Crippen MR) is 82.9 cm³/mol. The van der Waals surface area contributed by atoms with Crippen molar-refractivity contribution < 1.29 is 14.6 Å². The van der Waals surface area contributed by atoms with Crippen LogP contribution in [0.25, 0.3) is 10.8 Å². The van der Waals surface area contributed by atoms with Gasteiger partial charge in [-0.15, -0.1) is 0 Å². The SMILES string of the molecule is COc1ccc(O)c2c(OCc3ccccc3)cccc12. The molecule has 3 aromatic rings. The van der Waals surface area contributed by atoms with E-state index < -0.39 is 0 Å². The molecular formula is C18H16O3. The summed E-state index contributed by atoms with van der Waals surface area (Å²) in [5.41, 5.74) is 1.08. The molecule has 0 spiro atoms. The van der Waals surface area contributed by atoms with E-state index in [4.69, 9.17) is 9.47 Å². The summed E-state index contributed by atoms with van der Waals surface area (Å²) in [6.45, 7) is 0.455. The van der Waals surface area contributed by atoms with Crippen molar-refractivity contribution in [3.05, 3.63) is 66.2 Å². The Morgan fingerprint density at radius 3 is 2.43 bits per heavy atom. The minimum Gasteiger partial charge on any atom is -0.507 e. The molecule has 0 aliphatic carbocycles. The van der Waals surface area contributed by atoms with Crippen LogP contribution in [0.3, 0.4) is 0 Å². The van der Waals surface area contributed by atoms with Gasteiger partial charge in [-0.2, -0.15) is 0 Å². The second-order valence-corrected chi connectivity index (χ2v) is 4.74. The molecule has 0 aromatic heterocycles. The number of rotatable bonds is 4. The van der Waals surface area contributed by atoms with Crippen LogP contribution in [0.4, 0.5) is 0 Å². The van der Waals surface area contributed by atoms with Crippen LogP contribution >= 0.6 is 0 Å². The number of ether oxygens (including phenoxy) is 2. The van der Waals surface area contributed by atoms with E-state index in [1.165, 1.54) is 0 Å². The lowest BCUT2D eigenvalue weighted by molar-refractivity contribution is 0.309. The first-order chi connectivity index (χ1) is 10.3. The minimum atomic E-state index is 0.189. The molecule has 0 heterocycles. The largest absolute Gasteiger partial charge is 0.507 e. The number of phenols is 1. The van der Waals surface area contributed by atoms with E-state index in [1.54, 1.807) is 19.2 Å². The lowest BCUT2D eigenvalue weighted by Crippen LogP contribution is -1.96. The molecule has 0 saturated heterocycles. The van der Waals surface area contributed by atoms with E-state index in [1.807, 2.05) is 48.5 Å². The number of fused-ring (bicyclic) bond motifs is 1. The maximum Gasteiger partial charge on any atom is 0.131 e. The molecule has 0 bridgehead atoms. The summed E-state index contributed by atoms with van der Waals surface area (Å²) in [4.78, 5) is 0.